The molecule has 7 heavy (non-hydrogen) atoms. The Morgan fingerprint density at radius 3 is 2.29 bits per heavy atom. The van der Waals surface area contributed by atoms with Gasteiger partial charge in [0, 0.05) is 42.0 Å². The molecule has 0 fully saturated rings. The fourth-order valence-corrected chi connectivity index (χ4v) is 0.287. The van der Waals surface area contributed by atoms with Crippen LogP contribution < -0.4 is 0 Å². The molecule has 0 aliphatic carbocycles. The van der Waals surface area contributed by atoms with Gasteiger partial charge in [0.2, 0.25) is 0 Å². The van der Waals surface area contributed by atoms with E-state index < -0.39 is 0 Å². The molecule has 1 radical (unpaired) electrons. The Hall–Kier alpha value is 0.865. The maximum absolute atomic E-state index is 9.56. The Balaban J connectivity index is 0. The van der Waals surface area contributed by atoms with Crippen molar-refractivity contribution in [3.05, 3.63) is 0 Å². The van der Waals surface area contributed by atoms with E-state index in [1.807, 2.05) is 0 Å². The third-order valence-electron chi connectivity index (χ3n) is 0.676. The molecule has 0 saturated heterocycles. The van der Waals surface area contributed by atoms with E-state index in [9.17, 15) is 4.79 Å². The molecule has 0 aliphatic heterocycles. The molecule has 0 aromatic carbocycles. The summed E-state index contributed by atoms with van der Waals surface area (Å²) < 4.78 is 0. The molecule has 0 aliphatic rings. The molecule has 2 heteroatoms. The number of hydrogen-bond donors (Lipinski definition) is 0. The Labute approximate surface area is 72.5 Å². The smallest absolute Gasteiger partial charge is 0.119 e. The van der Waals surface area contributed by atoms with Gasteiger partial charge in [-0.1, -0.05) is 13.3 Å². The molecular formula is C5H10LaO. The van der Waals surface area contributed by atoms with Crippen LogP contribution in [0.2, 0.25) is 0 Å². The molecule has 39 valence electrons. The summed E-state index contributed by atoms with van der Waals surface area (Å²) >= 11 is 0. The molecule has 0 bridgehead atoms. The number of aldehydes is 1. The first-order chi connectivity index (χ1) is 2.91. The largest absolute Gasteiger partial charge is 0.303 e. The second kappa shape index (κ2) is 9.98. The summed E-state index contributed by atoms with van der Waals surface area (Å²) in [7, 11) is 0. The monoisotopic (exact) mass is 225 g/mol. The second-order valence-corrected chi connectivity index (χ2v) is 1.31. The number of hydrogen-bond acceptors (Lipinski definition) is 1. The minimum atomic E-state index is 0. The van der Waals surface area contributed by atoms with E-state index >= 15 is 0 Å². The Morgan fingerprint density at radius 1 is 1.57 bits per heavy atom. The van der Waals surface area contributed by atoms with Crippen LogP contribution in [0.5, 0.6) is 0 Å². The van der Waals surface area contributed by atoms with Crippen LogP contribution >= 0.6 is 0 Å². The Morgan fingerprint density at radius 2 is 2.14 bits per heavy atom. The van der Waals surface area contributed by atoms with Gasteiger partial charge in [-0.2, -0.15) is 0 Å². The van der Waals surface area contributed by atoms with Gasteiger partial charge >= 0.3 is 0 Å². The summed E-state index contributed by atoms with van der Waals surface area (Å²) in [5.74, 6) is 0. The molecule has 0 saturated carbocycles. The zero-order valence-electron chi connectivity index (χ0n) is 4.68. The van der Waals surface area contributed by atoms with E-state index in [1.165, 1.54) is 0 Å². The molecule has 0 heterocycles. The third kappa shape index (κ3) is 10.9. The first kappa shape index (κ1) is 10.8. The Kier molecular flexibility index (Phi) is 15.4. The fraction of sp³-hybridized carbons (Fsp3) is 0.800. The van der Waals surface area contributed by atoms with E-state index in [0.29, 0.717) is 0 Å². The van der Waals surface area contributed by atoms with Crippen LogP contribution in [0.15, 0.2) is 0 Å². The van der Waals surface area contributed by atoms with Crippen molar-refractivity contribution in [3.8, 4) is 0 Å². The molecule has 0 rings (SSSR count). The topological polar surface area (TPSA) is 17.1 Å². The van der Waals surface area contributed by atoms with Crippen LogP contribution in [-0.4, -0.2) is 6.29 Å². The van der Waals surface area contributed by atoms with Gasteiger partial charge in [0.05, 0.1) is 0 Å². The van der Waals surface area contributed by atoms with Gasteiger partial charge in [-0.25, -0.2) is 0 Å². The van der Waals surface area contributed by atoms with Gasteiger partial charge in [-0.15, -0.1) is 0 Å². The van der Waals surface area contributed by atoms with Crippen molar-refractivity contribution < 1.29 is 40.4 Å². The normalized spacial score (nSPS) is 7.00. The van der Waals surface area contributed by atoms with E-state index in [2.05, 4.69) is 6.92 Å². The molecule has 0 atom stereocenters. The minimum Gasteiger partial charge on any atom is -0.303 e. The van der Waals surface area contributed by atoms with Gasteiger partial charge in [0.15, 0.2) is 0 Å². The summed E-state index contributed by atoms with van der Waals surface area (Å²) in [6, 6.07) is 0. The Bertz CT molecular complexity index is 37.1. The summed E-state index contributed by atoms with van der Waals surface area (Å²) in [6.45, 7) is 2.07. The van der Waals surface area contributed by atoms with Crippen LogP contribution in [-0.2, 0) is 4.79 Å². The van der Waals surface area contributed by atoms with Crippen molar-refractivity contribution >= 4 is 6.29 Å². The van der Waals surface area contributed by atoms with Crippen molar-refractivity contribution in [2.45, 2.75) is 26.2 Å². The van der Waals surface area contributed by atoms with Crippen LogP contribution in [0.1, 0.15) is 26.2 Å². The second-order valence-electron chi connectivity index (χ2n) is 1.31. The third-order valence-corrected chi connectivity index (χ3v) is 0.676. The number of rotatable bonds is 3. The van der Waals surface area contributed by atoms with Gasteiger partial charge in [0.25, 0.3) is 0 Å². The van der Waals surface area contributed by atoms with Crippen molar-refractivity contribution in [3.63, 3.8) is 0 Å². The van der Waals surface area contributed by atoms with Crippen molar-refractivity contribution in [2.75, 3.05) is 0 Å². The van der Waals surface area contributed by atoms with E-state index in [0.717, 1.165) is 25.5 Å². The summed E-state index contributed by atoms with van der Waals surface area (Å²) in [4.78, 5) is 9.56. The van der Waals surface area contributed by atoms with E-state index in [1.54, 1.807) is 0 Å². The predicted molar refractivity (Wildman–Crippen MR) is 25.6 cm³/mol. The van der Waals surface area contributed by atoms with E-state index in [-0.39, 0.29) is 35.6 Å². The van der Waals surface area contributed by atoms with Crippen molar-refractivity contribution in [1.82, 2.24) is 0 Å². The van der Waals surface area contributed by atoms with Crippen molar-refractivity contribution in [1.29, 1.82) is 0 Å². The predicted octanol–water partition coefficient (Wildman–Crippen LogP) is 1.38. The molecule has 0 amide bonds. The molecule has 0 N–H and O–H groups in total. The van der Waals surface area contributed by atoms with Crippen LogP contribution in [0.4, 0.5) is 0 Å². The van der Waals surface area contributed by atoms with Gasteiger partial charge in [0.1, 0.15) is 6.29 Å². The van der Waals surface area contributed by atoms with Gasteiger partial charge in [-0.3, -0.25) is 0 Å². The minimum absolute atomic E-state index is 0. The van der Waals surface area contributed by atoms with Gasteiger partial charge in [-0.05, 0) is 6.42 Å². The number of carbonyl (C=O) groups is 1. The molecule has 0 aromatic rings. The summed E-state index contributed by atoms with van der Waals surface area (Å²) in [5, 5.41) is 0. The zero-order chi connectivity index (χ0) is 4.83. The van der Waals surface area contributed by atoms with Gasteiger partial charge < -0.3 is 4.79 Å². The summed E-state index contributed by atoms with van der Waals surface area (Å²) in [5.41, 5.74) is 0. The SMILES string of the molecule is CCCCC=O.[La]. The maximum atomic E-state index is 9.56. The molecule has 0 unspecified atom stereocenters. The zero-order valence-corrected chi connectivity index (χ0v) is 8.31. The van der Waals surface area contributed by atoms with Crippen molar-refractivity contribution in [2.24, 2.45) is 0 Å². The number of unbranched alkanes of at least 4 members (excludes halogenated alkanes) is 2. The average molecular weight is 225 g/mol. The van der Waals surface area contributed by atoms with E-state index in [4.69, 9.17) is 0 Å². The van der Waals surface area contributed by atoms with Crippen LogP contribution in [0.3, 0.4) is 0 Å². The fourth-order valence-electron chi connectivity index (χ4n) is 0.287. The first-order valence-corrected chi connectivity index (χ1v) is 2.35. The molecular weight excluding hydrogens is 215 g/mol. The summed E-state index contributed by atoms with van der Waals surface area (Å²) in [6.07, 6.45) is 3.86. The molecule has 0 spiro atoms. The maximum Gasteiger partial charge on any atom is 0.119 e. The standard InChI is InChI=1S/C5H10O.La/c1-2-3-4-5-6;/h5H,2-4H2,1H3;. The number of carbonyl (C=O) groups excluding carboxylic acids is 1. The van der Waals surface area contributed by atoms with Crippen LogP contribution in [0, 0.1) is 35.6 Å². The molecule has 1 nitrogen and oxygen atoms in total. The quantitative estimate of drug-likeness (QED) is 0.523. The first-order valence-electron chi connectivity index (χ1n) is 2.35. The molecule has 0 aromatic heterocycles. The average Bonchev–Trinajstić information content (AvgIpc) is 1.61. The van der Waals surface area contributed by atoms with Crippen LogP contribution in [0.25, 0.3) is 0 Å².